The second-order valence-corrected chi connectivity index (χ2v) is 13.8. The highest BCUT2D eigenvalue weighted by Gasteiger charge is 2.13. The van der Waals surface area contributed by atoms with Gasteiger partial charge in [-0.2, -0.15) is 0 Å². The molecule has 10 aromatic rings. The minimum Gasteiger partial charge on any atom is -0.309 e. The van der Waals surface area contributed by atoms with E-state index in [0.29, 0.717) is 5.82 Å². The van der Waals surface area contributed by atoms with Gasteiger partial charge in [0.25, 0.3) is 0 Å². The Morgan fingerprint density at radius 3 is 1.15 bits per heavy atom. The van der Waals surface area contributed by atoms with Gasteiger partial charge in [0.1, 0.15) is 0 Å². The van der Waals surface area contributed by atoms with Gasteiger partial charge < -0.3 is 4.57 Å². The van der Waals surface area contributed by atoms with E-state index >= 15 is 0 Å². The highest BCUT2D eigenvalue weighted by molar-refractivity contribution is 6.09. The molecule has 3 heteroatoms. The summed E-state index contributed by atoms with van der Waals surface area (Å²) >= 11 is 0. The van der Waals surface area contributed by atoms with Crippen molar-refractivity contribution >= 4 is 21.8 Å². The van der Waals surface area contributed by atoms with Crippen molar-refractivity contribution in [2.24, 2.45) is 0 Å². The maximum Gasteiger partial charge on any atom is 0.160 e. The Hall–Kier alpha value is -7.36. The van der Waals surface area contributed by atoms with E-state index in [-0.39, 0.29) is 0 Å². The van der Waals surface area contributed by atoms with Crippen LogP contribution in [0.1, 0.15) is 0 Å². The molecule has 8 aromatic carbocycles. The molecule has 0 spiro atoms. The summed E-state index contributed by atoms with van der Waals surface area (Å²) in [5, 5.41) is 2.55. The number of nitrogens with zero attached hydrogens (tertiary/aromatic N) is 3. The van der Waals surface area contributed by atoms with Crippen LogP contribution in [-0.4, -0.2) is 14.5 Å². The SMILES string of the molecule is c1ccc(-c2cc(-c3ccccc3)nc(-c3ccc(-c4cccc(-c5ccc(-c6ccc(-n7c8ccccc8c8ccccc87)cc6)cc5)c4)cc3)n2)cc1. The first kappa shape index (κ1) is 32.3. The van der Waals surface area contributed by atoms with Crippen LogP contribution in [0.3, 0.4) is 0 Å². The first-order valence-electron chi connectivity index (χ1n) is 18.7. The molecule has 10 rings (SSSR count). The van der Waals surface area contributed by atoms with E-state index in [1.165, 1.54) is 44.1 Å². The van der Waals surface area contributed by atoms with E-state index in [2.05, 4.69) is 180 Å². The van der Waals surface area contributed by atoms with Crippen LogP contribution in [0.4, 0.5) is 0 Å². The fourth-order valence-corrected chi connectivity index (χ4v) is 7.64. The number of fused-ring (bicyclic) bond motifs is 3. The summed E-state index contributed by atoms with van der Waals surface area (Å²) in [6, 6.07) is 75.1. The van der Waals surface area contributed by atoms with Gasteiger partial charge >= 0.3 is 0 Å². The Kier molecular flexibility index (Phi) is 8.16. The van der Waals surface area contributed by atoms with Crippen LogP contribution in [0.5, 0.6) is 0 Å². The smallest absolute Gasteiger partial charge is 0.160 e. The molecular formula is C52H35N3. The molecule has 0 bridgehead atoms. The molecule has 55 heavy (non-hydrogen) atoms. The summed E-state index contributed by atoms with van der Waals surface area (Å²) < 4.78 is 2.36. The molecule has 0 unspecified atom stereocenters. The predicted octanol–water partition coefficient (Wildman–Crippen LogP) is 13.6. The molecule has 3 nitrogen and oxygen atoms in total. The lowest BCUT2D eigenvalue weighted by Gasteiger charge is -2.11. The van der Waals surface area contributed by atoms with Crippen LogP contribution in [0.15, 0.2) is 212 Å². The fraction of sp³-hybridized carbons (Fsp3) is 0. The molecule has 2 heterocycles. The van der Waals surface area contributed by atoms with Crippen LogP contribution in [0, 0.1) is 0 Å². The summed E-state index contributed by atoms with van der Waals surface area (Å²) in [5.74, 6) is 0.710. The second kappa shape index (κ2) is 13.9. The molecule has 0 atom stereocenters. The monoisotopic (exact) mass is 701 g/mol. The zero-order valence-electron chi connectivity index (χ0n) is 30.0. The van der Waals surface area contributed by atoms with Crippen molar-refractivity contribution in [3.63, 3.8) is 0 Å². The van der Waals surface area contributed by atoms with Crippen molar-refractivity contribution in [1.29, 1.82) is 0 Å². The largest absolute Gasteiger partial charge is 0.309 e. The van der Waals surface area contributed by atoms with Crippen LogP contribution < -0.4 is 0 Å². The maximum absolute atomic E-state index is 5.01. The van der Waals surface area contributed by atoms with Crippen LogP contribution in [-0.2, 0) is 0 Å². The van der Waals surface area contributed by atoms with E-state index in [1.54, 1.807) is 0 Å². The molecule has 0 radical (unpaired) electrons. The van der Waals surface area contributed by atoms with E-state index in [0.717, 1.165) is 44.9 Å². The van der Waals surface area contributed by atoms with Gasteiger partial charge in [-0.05, 0) is 69.8 Å². The Labute approximate surface area is 320 Å². The lowest BCUT2D eigenvalue weighted by molar-refractivity contribution is 1.18. The minimum atomic E-state index is 0.710. The third-order valence-corrected chi connectivity index (χ3v) is 10.5. The van der Waals surface area contributed by atoms with Gasteiger partial charge in [-0.15, -0.1) is 0 Å². The number of hydrogen-bond donors (Lipinski definition) is 0. The molecule has 0 N–H and O–H groups in total. The lowest BCUT2D eigenvalue weighted by Crippen LogP contribution is -1.95. The van der Waals surface area contributed by atoms with Crippen LogP contribution in [0.2, 0.25) is 0 Å². The summed E-state index contributed by atoms with van der Waals surface area (Å²) in [7, 11) is 0. The average molecular weight is 702 g/mol. The quantitative estimate of drug-likeness (QED) is 0.166. The summed E-state index contributed by atoms with van der Waals surface area (Å²) in [5.41, 5.74) is 15.6. The third-order valence-electron chi connectivity index (χ3n) is 10.5. The van der Waals surface area contributed by atoms with Crippen molar-refractivity contribution in [2.75, 3.05) is 0 Å². The third kappa shape index (κ3) is 6.18. The van der Waals surface area contributed by atoms with Gasteiger partial charge in [0.05, 0.1) is 22.4 Å². The van der Waals surface area contributed by atoms with E-state index in [9.17, 15) is 0 Å². The zero-order chi connectivity index (χ0) is 36.6. The van der Waals surface area contributed by atoms with Crippen LogP contribution >= 0.6 is 0 Å². The Balaban J connectivity index is 0.906. The molecule has 0 aliphatic heterocycles. The second-order valence-electron chi connectivity index (χ2n) is 13.8. The van der Waals surface area contributed by atoms with Gasteiger partial charge in [0.15, 0.2) is 5.82 Å². The molecule has 0 saturated heterocycles. The van der Waals surface area contributed by atoms with Gasteiger partial charge in [-0.25, -0.2) is 9.97 Å². The van der Waals surface area contributed by atoms with Crippen LogP contribution in [0.25, 0.3) is 94.8 Å². The van der Waals surface area contributed by atoms with Crippen molar-refractivity contribution in [3.05, 3.63) is 212 Å². The van der Waals surface area contributed by atoms with Crippen molar-refractivity contribution in [3.8, 4) is 73.0 Å². The summed E-state index contributed by atoms with van der Waals surface area (Å²) in [6.45, 7) is 0. The normalized spacial score (nSPS) is 11.3. The van der Waals surface area contributed by atoms with E-state index in [1.807, 2.05) is 36.4 Å². The molecular weight excluding hydrogens is 667 g/mol. The molecule has 0 aliphatic carbocycles. The van der Waals surface area contributed by atoms with Gasteiger partial charge in [0, 0.05) is 33.2 Å². The Bertz CT molecular complexity index is 2820. The van der Waals surface area contributed by atoms with Crippen molar-refractivity contribution < 1.29 is 0 Å². The highest BCUT2D eigenvalue weighted by Crippen LogP contribution is 2.34. The summed E-state index contributed by atoms with van der Waals surface area (Å²) in [4.78, 5) is 10.0. The molecule has 0 aliphatic rings. The van der Waals surface area contributed by atoms with Gasteiger partial charge in [0.2, 0.25) is 0 Å². The fourth-order valence-electron chi connectivity index (χ4n) is 7.64. The van der Waals surface area contributed by atoms with E-state index < -0.39 is 0 Å². The molecule has 258 valence electrons. The highest BCUT2D eigenvalue weighted by atomic mass is 15.0. The first-order valence-corrected chi connectivity index (χ1v) is 18.7. The zero-order valence-corrected chi connectivity index (χ0v) is 30.0. The van der Waals surface area contributed by atoms with Crippen molar-refractivity contribution in [2.45, 2.75) is 0 Å². The average Bonchev–Trinajstić information content (AvgIpc) is 3.61. The molecule has 2 aromatic heterocycles. The number of hydrogen-bond acceptors (Lipinski definition) is 2. The van der Waals surface area contributed by atoms with Gasteiger partial charge in [-0.1, -0.05) is 176 Å². The van der Waals surface area contributed by atoms with E-state index in [4.69, 9.17) is 9.97 Å². The number of aromatic nitrogens is 3. The standard InChI is InChI=1S/C52H35N3/c1-3-12-40(13-4-1)48-35-49(41-14-5-2-6-15-41)54-52(53-48)42-28-26-39(27-29-42)44-17-11-16-43(34-44)38-24-22-36(23-25-38)37-30-32-45(33-31-37)55-50-20-9-7-18-46(50)47-19-8-10-21-51(47)55/h1-35H. The Morgan fingerprint density at radius 1 is 0.273 bits per heavy atom. The molecule has 0 amide bonds. The predicted molar refractivity (Wildman–Crippen MR) is 229 cm³/mol. The Morgan fingerprint density at radius 2 is 0.655 bits per heavy atom. The summed E-state index contributed by atoms with van der Waals surface area (Å²) in [6.07, 6.45) is 0. The number of rotatable bonds is 7. The molecule has 0 saturated carbocycles. The first-order chi connectivity index (χ1) is 27.2. The lowest BCUT2D eigenvalue weighted by atomic mass is 9.96. The molecule has 0 fully saturated rings. The number of benzene rings is 8. The van der Waals surface area contributed by atoms with Gasteiger partial charge in [-0.3, -0.25) is 0 Å². The minimum absolute atomic E-state index is 0.710. The van der Waals surface area contributed by atoms with Crippen molar-refractivity contribution in [1.82, 2.24) is 14.5 Å². The number of para-hydroxylation sites is 2. The maximum atomic E-state index is 5.01. The topological polar surface area (TPSA) is 30.7 Å².